The molecule has 0 spiro atoms. The highest BCUT2D eigenvalue weighted by Gasteiger charge is 2.34. The summed E-state index contributed by atoms with van der Waals surface area (Å²) in [6.07, 6.45) is 3.51. The van der Waals surface area contributed by atoms with Gasteiger partial charge >= 0.3 is 0 Å². The van der Waals surface area contributed by atoms with Crippen molar-refractivity contribution < 1.29 is 18.7 Å². The minimum absolute atomic E-state index is 0.0899. The van der Waals surface area contributed by atoms with Gasteiger partial charge in [0.1, 0.15) is 23.9 Å². The molecule has 0 atom stereocenters. The van der Waals surface area contributed by atoms with Gasteiger partial charge in [0, 0.05) is 24.1 Å². The lowest BCUT2D eigenvalue weighted by molar-refractivity contribution is 0.0725. The average Bonchev–Trinajstić information content (AvgIpc) is 3.34. The summed E-state index contributed by atoms with van der Waals surface area (Å²) in [5.41, 5.74) is 1.41. The molecule has 1 amide bonds. The highest BCUT2D eigenvalue weighted by molar-refractivity contribution is 5.93. The molecule has 2 aromatic rings. The predicted molar refractivity (Wildman–Crippen MR) is 81.7 cm³/mol. The number of amides is 1. The minimum Gasteiger partial charge on any atom is -0.497 e. The fraction of sp³-hybridized carbons (Fsp3) is 0.412. The molecule has 6 heteroatoms. The zero-order valence-corrected chi connectivity index (χ0v) is 12.9. The molecule has 2 heterocycles. The van der Waals surface area contributed by atoms with Crippen LogP contribution < -0.4 is 9.47 Å². The Bertz CT molecular complexity index is 736. The number of benzene rings is 1. The van der Waals surface area contributed by atoms with E-state index in [1.807, 2.05) is 18.2 Å². The van der Waals surface area contributed by atoms with Crippen LogP contribution in [-0.4, -0.2) is 36.1 Å². The van der Waals surface area contributed by atoms with E-state index >= 15 is 0 Å². The van der Waals surface area contributed by atoms with Crippen LogP contribution in [0.5, 0.6) is 11.5 Å². The number of carbonyl (C=O) groups is 1. The van der Waals surface area contributed by atoms with Crippen molar-refractivity contribution in [1.82, 2.24) is 9.88 Å². The van der Waals surface area contributed by atoms with Gasteiger partial charge in [-0.3, -0.25) is 4.79 Å². The summed E-state index contributed by atoms with van der Waals surface area (Å²) >= 11 is 0. The molecule has 1 aromatic heterocycles. The van der Waals surface area contributed by atoms with E-state index in [0.717, 1.165) is 35.7 Å². The molecule has 0 unspecified atom stereocenters. The third-order valence-electron chi connectivity index (χ3n) is 4.29. The van der Waals surface area contributed by atoms with Crippen LogP contribution in [-0.2, 0) is 6.54 Å². The number of hydrogen-bond donors (Lipinski definition) is 0. The minimum atomic E-state index is -0.0899. The summed E-state index contributed by atoms with van der Waals surface area (Å²) in [5.74, 6) is 2.51. The van der Waals surface area contributed by atoms with Gasteiger partial charge in [0.15, 0.2) is 12.1 Å². The maximum absolute atomic E-state index is 12.8. The molecule has 1 aliphatic carbocycles. The van der Waals surface area contributed by atoms with Gasteiger partial charge in [-0.2, -0.15) is 0 Å². The Balaban J connectivity index is 1.59. The topological polar surface area (TPSA) is 64.8 Å². The van der Waals surface area contributed by atoms with E-state index in [-0.39, 0.29) is 5.91 Å². The SMILES string of the molecule is COc1ccc2c(c1)OCCN(C(=O)c1ncoc1C1CC1)C2. The molecule has 1 aliphatic heterocycles. The molecule has 1 aromatic carbocycles. The molecule has 6 nitrogen and oxygen atoms in total. The number of oxazole rings is 1. The standard InChI is InChI=1S/C17H18N2O4/c1-21-13-5-4-12-9-19(6-7-22-14(12)8-13)17(20)15-16(11-2-3-11)23-10-18-15/h4-5,8,10-11H,2-3,6-7,9H2,1H3. The molecule has 1 saturated carbocycles. The van der Waals surface area contributed by atoms with E-state index in [2.05, 4.69) is 4.98 Å². The molecule has 1 fully saturated rings. The highest BCUT2D eigenvalue weighted by Crippen LogP contribution is 2.41. The van der Waals surface area contributed by atoms with Gasteiger partial charge in [-0.25, -0.2) is 4.98 Å². The number of fused-ring (bicyclic) bond motifs is 1. The van der Waals surface area contributed by atoms with Crippen molar-refractivity contribution >= 4 is 5.91 Å². The lowest BCUT2D eigenvalue weighted by atomic mass is 10.1. The smallest absolute Gasteiger partial charge is 0.276 e. The normalized spacial score (nSPS) is 17.2. The predicted octanol–water partition coefficient (Wildman–Crippen LogP) is 2.60. The molecule has 0 bridgehead atoms. The van der Waals surface area contributed by atoms with Gasteiger partial charge in [0.05, 0.1) is 13.7 Å². The maximum Gasteiger partial charge on any atom is 0.276 e. The summed E-state index contributed by atoms with van der Waals surface area (Å²) in [6, 6.07) is 5.67. The van der Waals surface area contributed by atoms with Crippen LogP contribution in [0.4, 0.5) is 0 Å². The molecule has 0 N–H and O–H groups in total. The van der Waals surface area contributed by atoms with Crippen LogP contribution >= 0.6 is 0 Å². The van der Waals surface area contributed by atoms with Gasteiger partial charge in [0.25, 0.3) is 5.91 Å². The quantitative estimate of drug-likeness (QED) is 0.871. The van der Waals surface area contributed by atoms with Crippen molar-refractivity contribution in [2.24, 2.45) is 0 Å². The van der Waals surface area contributed by atoms with Crippen LogP contribution in [0.2, 0.25) is 0 Å². The van der Waals surface area contributed by atoms with E-state index < -0.39 is 0 Å². The number of rotatable bonds is 3. The second-order valence-electron chi connectivity index (χ2n) is 5.89. The van der Waals surface area contributed by atoms with Crippen LogP contribution in [0, 0.1) is 0 Å². The number of aromatic nitrogens is 1. The van der Waals surface area contributed by atoms with Gasteiger partial charge in [-0.05, 0) is 25.0 Å². The zero-order valence-electron chi connectivity index (χ0n) is 12.9. The van der Waals surface area contributed by atoms with E-state index in [0.29, 0.717) is 31.3 Å². The van der Waals surface area contributed by atoms with Crippen molar-refractivity contribution in [1.29, 1.82) is 0 Å². The van der Waals surface area contributed by atoms with Crippen LogP contribution in [0.3, 0.4) is 0 Å². The average molecular weight is 314 g/mol. The Labute approximate surface area is 134 Å². The van der Waals surface area contributed by atoms with E-state index in [1.54, 1.807) is 12.0 Å². The summed E-state index contributed by atoms with van der Waals surface area (Å²) in [4.78, 5) is 18.7. The molecule has 4 rings (SSSR count). The van der Waals surface area contributed by atoms with Crippen LogP contribution in [0.15, 0.2) is 29.0 Å². The molecule has 120 valence electrons. The first-order chi connectivity index (χ1) is 11.3. The summed E-state index contributed by atoms with van der Waals surface area (Å²) in [6.45, 7) is 1.46. The monoisotopic (exact) mass is 314 g/mol. The van der Waals surface area contributed by atoms with Gasteiger partial charge in [0.2, 0.25) is 0 Å². The number of ether oxygens (including phenoxy) is 2. The molecule has 2 aliphatic rings. The zero-order chi connectivity index (χ0) is 15.8. The highest BCUT2D eigenvalue weighted by atomic mass is 16.5. The molecule has 0 radical (unpaired) electrons. The van der Waals surface area contributed by atoms with E-state index in [9.17, 15) is 4.79 Å². The fourth-order valence-corrected chi connectivity index (χ4v) is 2.85. The van der Waals surface area contributed by atoms with Crippen molar-refractivity contribution in [2.45, 2.75) is 25.3 Å². The second-order valence-corrected chi connectivity index (χ2v) is 5.89. The number of carbonyl (C=O) groups excluding carboxylic acids is 1. The van der Waals surface area contributed by atoms with Crippen molar-refractivity contribution in [3.63, 3.8) is 0 Å². The molecular formula is C17H18N2O4. The fourth-order valence-electron chi connectivity index (χ4n) is 2.85. The first-order valence-electron chi connectivity index (χ1n) is 7.78. The van der Waals surface area contributed by atoms with E-state index in [1.165, 1.54) is 6.39 Å². The van der Waals surface area contributed by atoms with E-state index in [4.69, 9.17) is 13.9 Å². The van der Waals surface area contributed by atoms with Crippen molar-refractivity contribution in [3.8, 4) is 11.5 Å². The Hall–Kier alpha value is -2.50. The Morgan fingerprint density at radius 2 is 2.26 bits per heavy atom. The Kier molecular flexibility index (Phi) is 3.44. The lowest BCUT2D eigenvalue weighted by Crippen LogP contribution is -2.33. The lowest BCUT2D eigenvalue weighted by Gasteiger charge is -2.19. The summed E-state index contributed by atoms with van der Waals surface area (Å²) in [5, 5.41) is 0. The molecular weight excluding hydrogens is 296 g/mol. The number of methoxy groups -OCH3 is 1. The Morgan fingerprint density at radius 3 is 3.04 bits per heavy atom. The molecule has 0 saturated heterocycles. The third-order valence-corrected chi connectivity index (χ3v) is 4.29. The van der Waals surface area contributed by atoms with Crippen molar-refractivity contribution in [3.05, 3.63) is 41.6 Å². The van der Waals surface area contributed by atoms with Gasteiger partial charge < -0.3 is 18.8 Å². The first-order valence-corrected chi connectivity index (χ1v) is 7.78. The largest absolute Gasteiger partial charge is 0.497 e. The molecule has 23 heavy (non-hydrogen) atoms. The Morgan fingerprint density at radius 1 is 1.39 bits per heavy atom. The van der Waals surface area contributed by atoms with Crippen LogP contribution in [0.1, 0.15) is 40.6 Å². The van der Waals surface area contributed by atoms with Gasteiger partial charge in [-0.15, -0.1) is 0 Å². The second kappa shape index (κ2) is 5.61. The van der Waals surface area contributed by atoms with Crippen LogP contribution in [0.25, 0.3) is 0 Å². The third kappa shape index (κ3) is 2.65. The summed E-state index contributed by atoms with van der Waals surface area (Å²) in [7, 11) is 1.62. The number of hydrogen-bond acceptors (Lipinski definition) is 5. The van der Waals surface area contributed by atoms with Crippen molar-refractivity contribution in [2.75, 3.05) is 20.3 Å². The maximum atomic E-state index is 12.8. The first kappa shape index (κ1) is 14.1. The summed E-state index contributed by atoms with van der Waals surface area (Å²) < 4.78 is 16.4. The number of nitrogens with zero attached hydrogens (tertiary/aromatic N) is 2. The van der Waals surface area contributed by atoms with Gasteiger partial charge in [-0.1, -0.05) is 0 Å².